The number of piperidine rings is 1. The lowest BCUT2D eigenvalue weighted by Gasteiger charge is -2.32. The highest BCUT2D eigenvalue weighted by Gasteiger charge is 2.19. The maximum Gasteiger partial charge on any atom is 0.191 e. The normalized spacial score (nSPS) is 14.9. The van der Waals surface area contributed by atoms with Crippen LogP contribution in [0.1, 0.15) is 25.3 Å². The molecule has 0 unspecified atom stereocenters. The summed E-state index contributed by atoms with van der Waals surface area (Å²) in [6, 6.07) is 16.1. The maximum absolute atomic E-state index is 5.96. The highest BCUT2D eigenvalue weighted by molar-refractivity contribution is 14.0. The van der Waals surface area contributed by atoms with Gasteiger partial charge in [-0.05, 0) is 49.6 Å². The fourth-order valence-corrected chi connectivity index (χ4v) is 3.70. The number of hydrogen-bond acceptors (Lipinski definition) is 5. The quantitative estimate of drug-likeness (QED) is 0.254. The van der Waals surface area contributed by atoms with E-state index in [-0.39, 0.29) is 24.0 Å². The molecule has 2 aromatic carbocycles. The van der Waals surface area contributed by atoms with Gasteiger partial charge in [0.1, 0.15) is 5.75 Å². The maximum atomic E-state index is 5.96. The first-order chi connectivity index (χ1) is 15.7. The molecule has 1 saturated heterocycles. The van der Waals surface area contributed by atoms with Crippen LogP contribution in [0, 0.1) is 0 Å². The lowest BCUT2D eigenvalue weighted by Crippen LogP contribution is -2.49. The van der Waals surface area contributed by atoms with Gasteiger partial charge in [-0.3, -0.25) is 0 Å². The number of aliphatic imine (C=N–C) groups is 1. The van der Waals surface area contributed by atoms with Crippen LogP contribution in [-0.4, -0.2) is 63.9 Å². The molecule has 2 N–H and O–H groups in total. The van der Waals surface area contributed by atoms with Gasteiger partial charge in [-0.25, -0.2) is 4.99 Å². The van der Waals surface area contributed by atoms with Gasteiger partial charge in [0.2, 0.25) is 0 Å². The van der Waals surface area contributed by atoms with E-state index in [9.17, 15) is 0 Å². The second kappa shape index (κ2) is 15.0. The Labute approximate surface area is 214 Å². The topological polar surface area (TPSA) is 67.4 Å². The van der Waals surface area contributed by atoms with Gasteiger partial charge in [-0.2, -0.15) is 0 Å². The minimum Gasteiger partial charge on any atom is -0.493 e. The molecule has 1 aliphatic rings. The molecule has 2 aromatic rings. The second-order valence-corrected chi connectivity index (χ2v) is 7.85. The fourth-order valence-electron chi connectivity index (χ4n) is 3.70. The van der Waals surface area contributed by atoms with Crippen molar-refractivity contribution in [2.75, 3.05) is 47.0 Å². The summed E-state index contributed by atoms with van der Waals surface area (Å²) in [5.74, 6) is 3.06. The fraction of sp³-hybridized carbons (Fsp3) is 0.480. The summed E-state index contributed by atoms with van der Waals surface area (Å²) in [4.78, 5) is 7.25. The van der Waals surface area contributed by atoms with E-state index in [0.717, 1.165) is 62.9 Å². The predicted molar refractivity (Wildman–Crippen MR) is 144 cm³/mol. The molecule has 33 heavy (non-hydrogen) atoms. The Hall–Kier alpha value is -2.04. The minimum atomic E-state index is 0. The Morgan fingerprint density at radius 1 is 1.03 bits per heavy atom. The number of nitrogens with zero attached hydrogens (tertiary/aromatic N) is 2. The van der Waals surface area contributed by atoms with Crippen molar-refractivity contribution in [3.63, 3.8) is 0 Å². The number of rotatable bonds is 10. The summed E-state index contributed by atoms with van der Waals surface area (Å²) in [6.45, 7) is 7.52. The van der Waals surface area contributed by atoms with Crippen LogP contribution in [0.2, 0.25) is 0 Å². The molecule has 7 nitrogen and oxygen atoms in total. The number of likely N-dealkylation sites (tertiary alicyclic amines) is 1. The van der Waals surface area contributed by atoms with E-state index in [1.807, 2.05) is 48.5 Å². The van der Waals surface area contributed by atoms with Crippen molar-refractivity contribution in [1.82, 2.24) is 15.5 Å². The van der Waals surface area contributed by atoms with Gasteiger partial charge < -0.3 is 29.7 Å². The molecule has 0 aliphatic carbocycles. The number of nitrogens with one attached hydrogen (secondary N) is 2. The Balaban J connectivity index is 0.00000385. The molecule has 3 rings (SSSR count). The van der Waals surface area contributed by atoms with Crippen molar-refractivity contribution >= 4 is 29.9 Å². The van der Waals surface area contributed by atoms with Crippen molar-refractivity contribution < 1.29 is 14.2 Å². The van der Waals surface area contributed by atoms with Crippen molar-refractivity contribution in [1.29, 1.82) is 0 Å². The standard InChI is InChI=1S/C25H36N4O3.HI/c1-4-26-25(28-21-13-15-29(16-14-21)17-18-30-2)27-19-20-9-11-22(12-10-20)32-24-8-6-5-7-23(24)31-3;/h5-12,21H,4,13-19H2,1-3H3,(H2,26,27,28);1H. The largest absolute Gasteiger partial charge is 0.493 e. The van der Waals surface area contributed by atoms with Crippen LogP contribution in [0.4, 0.5) is 0 Å². The third-order valence-electron chi connectivity index (χ3n) is 5.52. The SMILES string of the molecule is CCNC(=NCc1ccc(Oc2ccccc2OC)cc1)NC1CCN(CCOC)CC1.I. The van der Waals surface area contributed by atoms with E-state index >= 15 is 0 Å². The first-order valence-electron chi connectivity index (χ1n) is 11.4. The molecular weight excluding hydrogens is 531 g/mol. The van der Waals surface area contributed by atoms with Gasteiger partial charge in [0, 0.05) is 39.3 Å². The molecule has 0 atom stereocenters. The highest BCUT2D eigenvalue weighted by Crippen LogP contribution is 2.30. The number of guanidine groups is 1. The van der Waals surface area contributed by atoms with Crippen LogP contribution in [0.3, 0.4) is 0 Å². The van der Waals surface area contributed by atoms with Crippen LogP contribution < -0.4 is 20.1 Å². The van der Waals surface area contributed by atoms with Crippen LogP contribution in [-0.2, 0) is 11.3 Å². The molecule has 1 aliphatic heterocycles. The number of halogens is 1. The van der Waals surface area contributed by atoms with Gasteiger partial charge in [0.25, 0.3) is 0 Å². The lowest BCUT2D eigenvalue weighted by atomic mass is 10.1. The highest BCUT2D eigenvalue weighted by atomic mass is 127. The Morgan fingerprint density at radius 3 is 2.36 bits per heavy atom. The van der Waals surface area contributed by atoms with Crippen LogP contribution >= 0.6 is 24.0 Å². The molecular formula is C25H37IN4O3. The zero-order valence-corrected chi connectivity index (χ0v) is 22.2. The molecule has 1 heterocycles. The van der Waals surface area contributed by atoms with Crippen LogP contribution in [0.15, 0.2) is 53.5 Å². The molecule has 0 saturated carbocycles. The van der Waals surface area contributed by atoms with Crippen LogP contribution in [0.5, 0.6) is 17.2 Å². The second-order valence-electron chi connectivity index (χ2n) is 7.85. The van der Waals surface area contributed by atoms with Gasteiger partial charge in [0.05, 0.1) is 20.3 Å². The first kappa shape index (κ1) is 27.2. The van der Waals surface area contributed by atoms with E-state index < -0.39 is 0 Å². The first-order valence-corrected chi connectivity index (χ1v) is 11.4. The third-order valence-corrected chi connectivity index (χ3v) is 5.52. The molecule has 182 valence electrons. The molecule has 0 spiro atoms. The third kappa shape index (κ3) is 9.02. The van der Waals surface area contributed by atoms with Gasteiger partial charge in [-0.1, -0.05) is 24.3 Å². The van der Waals surface area contributed by atoms with Gasteiger partial charge in [0.15, 0.2) is 17.5 Å². The molecule has 8 heteroatoms. The van der Waals surface area contributed by atoms with E-state index in [0.29, 0.717) is 24.1 Å². The Bertz CT molecular complexity index is 840. The van der Waals surface area contributed by atoms with E-state index in [2.05, 4.69) is 22.5 Å². The average Bonchev–Trinajstić information content (AvgIpc) is 2.83. The van der Waals surface area contributed by atoms with E-state index in [1.165, 1.54) is 0 Å². The number of methoxy groups -OCH3 is 2. The Morgan fingerprint density at radius 2 is 1.73 bits per heavy atom. The van der Waals surface area contributed by atoms with Crippen molar-refractivity contribution in [2.24, 2.45) is 4.99 Å². The van der Waals surface area contributed by atoms with Crippen molar-refractivity contribution in [3.8, 4) is 17.2 Å². The van der Waals surface area contributed by atoms with Crippen molar-refractivity contribution in [3.05, 3.63) is 54.1 Å². The summed E-state index contributed by atoms with van der Waals surface area (Å²) in [7, 11) is 3.40. The zero-order valence-electron chi connectivity index (χ0n) is 19.9. The summed E-state index contributed by atoms with van der Waals surface area (Å²) >= 11 is 0. The molecule has 0 radical (unpaired) electrons. The van der Waals surface area contributed by atoms with Crippen LogP contribution in [0.25, 0.3) is 0 Å². The number of hydrogen-bond donors (Lipinski definition) is 2. The van der Waals surface area contributed by atoms with E-state index in [4.69, 9.17) is 19.2 Å². The summed E-state index contributed by atoms with van der Waals surface area (Å²) < 4.78 is 16.5. The number of benzene rings is 2. The lowest BCUT2D eigenvalue weighted by molar-refractivity contribution is 0.128. The molecule has 0 aromatic heterocycles. The number of ether oxygens (including phenoxy) is 3. The van der Waals surface area contributed by atoms with Gasteiger partial charge in [-0.15, -0.1) is 24.0 Å². The minimum absolute atomic E-state index is 0. The summed E-state index contributed by atoms with van der Waals surface area (Å²) in [6.07, 6.45) is 2.23. The monoisotopic (exact) mass is 568 g/mol. The molecule has 1 fully saturated rings. The Kier molecular flexibility index (Phi) is 12.3. The summed E-state index contributed by atoms with van der Waals surface area (Å²) in [5.41, 5.74) is 1.13. The molecule has 0 amide bonds. The molecule has 0 bridgehead atoms. The average molecular weight is 569 g/mol. The smallest absolute Gasteiger partial charge is 0.191 e. The zero-order chi connectivity index (χ0) is 22.6. The number of para-hydroxylation sites is 2. The summed E-state index contributed by atoms with van der Waals surface area (Å²) in [5, 5.41) is 6.97. The van der Waals surface area contributed by atoms with Gasteiger partial charge >= 0.3 is 0 Å². The van der Waals surface area contributed by atoms with E-state index in [1.54, 1.807) is 14.2 Å². The predicted octanol–water partition coefficient (Wildman–Crippen LogP) is 4.27. The van der Waals surface area contributed by atoms with Crippen molar-refractivity contribution in [2.45, 2.75) is 32.4 Å².